The minimum Gasteiger partial charge on any atom is -0.481 e. The molecule has 4 heteroatoms. The third-order valence-corrected chi connectivity index (χ3v) is 2.58. The van der Waals surface area contributed by atoms with Crippen molar-refractivity contribution >= 4 is 11.9 Å². The average molecular weight is 232 g/mol. The maximum atomic E-state index is 10.5. The summed E-state index contributed by atoms with van der Waals surface area (Å²) < 4.78 is 0. The summed E-state index contributed by atoms with van der Waals surface area (Å²) in [6.45, 7) is 11.1. The van der Waals surface area contributed by atoms with Crippen molar-refractivity contribution in [1.82, 2.24) is 0 Å². The summed E-state index contributed by atoms with van der Waals surface area (Å²) in [6.07, 6.45) is 0.278. The molecular formula is C12H24O4. The van der Waals surface area contributed by atoms with Crippen LogP contribution in [0.15, 0.2) is 0 Å². The summed E-state index contributed by atoms with van der Waals surface area (Å²) in [4.78, 5) is 20.3. The van der Waals surface area contributed by atoms with Gasteiger partial charge in [0.2, 0.25) is 0 Å². The van der Waals surface area contributed by atoms with Gasteiger partial charge in [0.1, 0.15) is 0 Å². The molecule has 0 rings (SSSR count). The molecule has 0 aromatic carbocycles. The molecule has 0 heterocycles. The first-order valence-electron chi connectivity index (χ1n) is 5.47. The van der Waals surface area contributed by atoms with Crippen LogP contribution in [0.5, 0.6) is 0 Å². The molecule has 0 atom stereocenters. The van der Waals surface area contributed by atoms with Crippen molar-refractivity contribution in [2.24, 2.45) is 17.3 Å². The molecule has 0 unspecified atom stereocenters. The predicted octanol–water partition coefficient (Wildman–Crippen LogP) is 2.87. The highest BCUT2D eigenvalue weighted by Gasteiger charge is 2.30. The minimum absolute atomic E-state index is 0.190. The quantitative estimate of drug-likeness (QED) is 0.781. The van der Waals surface area contributed by atoms with Crippen LogP contribution in [0.3, 0.4) is 0 Å². The van der Waals surface area contributed by atoms with Crippen LogP contribution in [-0.2, 0) is 9.59 Å². The van der Waals surface area contributed by atoms with Gasteiger partial charge in [0.25, 0.3) is 0 Å². The van der Waals surface area contributed by atoms with Crippen molar-refractivity contribution in [3.8, 4) is 0 Å². The van der Waals surface area contributed by atoms with Crippen molar-refractivity contribution < 1.29 is 19.8 Å². The summed E-state index contributed by atoms with van der Waals surface area (Å²) in [7, 11) is 0. The Hall–Kier alpha value is -1.06. The first kappa shape index (κ1) is 17.3. The number of carbonyl (C=O) groups is 2. The second-order valence-corrected chi connectivity index (χ2v) is 5.17. The van der Waals surface area contributed by atoms with E-state index in [1.807, 2.05) is 27.7 Å². The SMILES string of the molecule is CC(C)C(C)(C)C(=O)O.CC(C)CC(=O)O. The summed E-state index contributed by atoms with van der Waals surface area (Å²) in [6, 6.07) is 0. The van der Waals surface area contributed by atoms with E-state index in [9.17, 15) is 9.59 Å². The Morgan fingerprint density at radius 1 is 1.06 bits per heavy atom. The second-order valence-electron chi connectivity index (χ2n) is 5.17. The van der Waals surface area contributed by atoms with Gasteiger partial charge >= 0.3 is 11.9 Å². The summed E-state index contributed by atoms with van der Waals surface area (Å²) in [5.41, 5.74) is -0.583. The molecular weight excluding hydrogens is 208 g/mol. The monoisotopic (exact) mass is 232 g/mol. The van der Waals surface area contributed by atoms with Crippen molar-refractivity contribution in [3.63, 3.8) is 0 Å². The smallest absolute Gasteiger partial charge is 0.309 e. The van der Waals surface area contributed by atoms with E-state index in [0.29, 0.717) is 0 Å². The highest BCUT2D eigenvalue weighted by Crippen LogP contribution is 2.25. The fourth-order valence-electron chi connectivity index (χ4n) is 0.596. The molecule has 0 fully saturated rings. The van der Waals surface area contributed by atoms with Crippen LogP contribution in [0.2, 0.25) is 0 Å². The van der Waals surface area contributed by atoms with Crippen molar-refractivity contribution in [1.29, 1.82) is 0 Å². The molecule has 0 aliphatic heterocycles. The molecule has 16 heavy (non-hydrogen) atoms. The zero-order valence-corrected chi connectivity index (χ0v) is 11.1. The molecule has 0 aliphatic carbocycles. The second kappa shape index (κ2) is 7.25. The first-order chi connectivity index (χ1) is 7.01. The fourth-order valence-corrected chi connectivity index (χ4v) is 0.596. The molecule has 0 bridgehead atoms. The Balaban J connectivity index is 0. The molecule has 0 spiro atoms. The Bertz CT molecular complexity index is 229. The topological polar surface area (TPSA) is 74.6 Å². The van der Waals surface area contributed by atoms with Crippen molar-refractivity contribution in [3.05, 3.63) is 0 Å². The zero-order chi connectivity index (χ0) is 13.5. The van der Waals surface area contributed by atoms with Gasteiger partial charge in [-0.3, -0.25) is 9.59 Å². The van der Waals surface area contributed by atoms with Gasteiger partial charge in [0.15, 0.2) is 0 Å². The molecule has 2 N–H and O–H groups in total. The van der Waals surface area contributed by atoms with Crippen molar-refractivity contribution in [2.45, 2.75) is 48.0 Å². The van der Waals surface area contributed by atoms with E-state index in [4.69, 9.17) is 10.2 Å². The maximum absolute atomic E-state index is 10.5. The fraction of sp³-hybridized carbons (Fsp3) is 0.833. The average Bonchev–Trinajstić information content (AvgIpc) is 2.01. The number of aliphatic carboxylic acids is 2. The molecule has 0 saturated heterocycles. The van der Waals surface area contributed by atoms with Gasteiger partial charge in [0.05, 0.1) is 5.41 Å². The van der Waals surface area contributed by atoms with E-state index in [-0.39, 0.29) is 18.3 Å². The Labute approximate surface area is 97.7 Å². The Morgan fingerprint density at radius 3 is 1.44 bits per heavy atom. The van der Waals surface area contributed by atoms with Crippen LogP contribution < -0.4 is 0 Å². The number of hydrogen-bond acceptors (Lipinski definition) is 2. The molecule has 0 radical (unpaired) electrons. The van der Waals surface area contributed by atoms with Crippen LogP contribution in [0.1, 0.15) is 48.0 Å². The first-order valence-corrected chi connectivity index (χ1v) is 5.47. The van der Waals surface area contributed by atoms with Gasteiger partial charge < -0.3 is 10.2 Å². The molecule has 0 aromatic heterocycles. The highest BCUT2D eigenvalue weighted by molar-refractivity contribution is 5.73. The van der Waals surface area contributed by atoms with Crippen LogP contribution in [0.4, 0.5) is 0 Å². The van der Waals surface area contributed by atoms with E-state index in [2.05, 4.69) is 0 Å². The van der Waals surface area contributed by atoms with Gasteiger partial charge in [-0.05, 0) is 25.7 Å². The Kier molecular flexibility index (Phi) is 7.86. The lowest BCUT2D eigenvalue weighted by Crippen LogP contribution is -2.29. The van der Waals surface area contributed by atoms with Crippen LogP contribution in [-0.4, -0.2) is 22.2 Å². The number of carboxylic acids is 2. The summed E-state index contributed by atoms with van der Waals surface area (Å²) in [5, 5.41) is 16.7. The minimum atomic E-state index is -0.725. The largest absolute Gasteiger partial charge is 0.481 e. The molecule has 0 aromatic rings. The van der Waals surface area contributed by atoms with Crippen molar-refractivity contribution in [2.75, 3.05) is 0 Å². The summed E-state index contributed by atoms with van der Waals surface area (Å²) in [5.74, 6) is -0.972. The van der Waals surface area contributed by atoms with Gasteiger partial charge in [0, 0.05) is 6.42 Å². The van der Waals surface area contributed by atoms with Crippen LogP contribution >= 0.6 is 0 Å². The lowest BCUT2D eigenvalue weighted by atomic mass is 9.81. The lowest BCUT2D eigenvalue weighted by molar-refractivity contribution is -0.149. The van der Waals surface area contributed by atoms with Gasteiger partial charge in [-0.15, -0.1) is 0 Å². The summed E-state index contributed by atoms with van der Waals surface area (Å²) >= 11 is 0. The van der Waals surface area contributed by atoms with E-state index in [1.54, 1.807) is 13.8 Å². The third-order valence-electron chi connectivity index (χ3n) is 2.58. The molecule has 0 aliphatic rings. The standard InChI is InChI=1S/C7H14O2.C5H10O2/c1-5(2)7(3,4)6(8)9;1-4(2)3-5(6)7/h5H,1-4H3,(H,8,9);4H,3H2,1-2H3,(H,6,7). The number of hydrogen-bond donors (Lipinski definition) is 2. The normalized spacial score (nSPS) is 11.0. The van der Waals surface area contributed by atoms with Gasteiger partial charge in [-0.25, -0.2) is 0 Å². The molecule has 4 nitrogen and oxygen atoms in total. The van der Waals surface area contributed by atoms with E-state index in [0.717, 1.165) is 0 Å². The molecule has 96 valence electrons. The molecule has 0 amide bonds. The highest BCUT2D eigenvalue weighted by atomic mass is 16.4. The lowest BCUT2D eigenvalue weighted by Gasteiger charge is -2.22. The van der Waals surface area contributed by atoms with E-state index < -0.39 is 17.4 Å². The van der Waals surface area contributed by atoms with Gasteiger partial charge in [-0.1, -0.05) is 27.7 Å². The van der Waals surface area contributed by atoms with Gasteiger partial charge in [-0.2, -0.15) is 0 Å². The third kappa shape index (κ3) is 8.26. The van der Waals surface area contributed by atoms with Crippen LogP contribution in [0, 0.1) is 17.3 Å². The van der Waals surface area contributed by atoms with E-state index in [1.165, 1.54) is 0 Å². The maximum Gasteiger partial charge on any atom is 0.309 e. The zero-order valence-electron chi connectivity index (χ0n) is 11.1. The Morgan fingerprint density at radius 2 is 1.44 bits per heavy atom. The van der Waals surface area contributed by atoms with E-state index >= 15 is 0 Å². The number of rotatable bonds is 4. The predicted molar refractivity (Wildman–Crippen MR) is 63.3 cm³/mol. The number of carboxylic acid groups (broad SMARTS) is 2. The van der Waals surface area contributed by atoms with Crippen LogP contribution in [0.25, 0.3) is 0 Å². The molecule has 0 saturated carbocycles.